The lowest BCUT2D eigenvalue weighted by atomic mass is 10.1. The van der Waals surface area contributed by atoms with Gasteiger partial charge in [-0.3, -0.25) is 0 Å². The molecule has 134 valence electrons. The summed E-state index contributed by atoms with van der Waals surface area (Å²) < 4.78 is 90.5. The van der Waals surface area contributed by atoms with Crippen LogP contribution >= 0.6 is 0 Å². The number of rotatable bonds is 4. The van der Waals surface area contributed by atoms with E-state index in [1.165, 1.54) is 18.2 Å². The van der Waals surface area contributed by atoms with E-state index < -0.39 is 40.4 Å². The van der Waals surface area contributed by atoms with E-state index in [9.17, 15) is 35.5 Å². The topological polar surface area (TPSA) is 79.2 Å². The Labute approximate surface area is 133 Å². The molecule has 0 radical (unpaired) electrons. The minimum atomic E-state index is -5.68. The average molecular weight is 374 g/mol. The number of sulfonamides is 1. The van der Waals surface area contributed by atoms with E-state index >= 15 is 0 Å². The molecule has 6 nitrogen and oxygen atoms in total. The predicted molar refractivity (Wildman–Crippen MR) is 70.2 cm³/mol. The quantitative estimate of drug-likeness (QED) is 0.820. The molecule has 0 aliphatic carbocycles. The summed E-state index contributed by atoms with van der Waals surface area (Å²) in [6.45, 7) is 0.827. The summed E-state index contributed by atoms with van der Waals surface area (Å²) in [6.07, 6.45) is -11.8. The van der Waals surface area contributed by atoms with E-state index in [0.29, 0.717) is 0 Å². The fraction of sp³-hybridized carbons (Fsp3) is 0.417. The number of benzene rings is 1. The third-order valence-electron chi connectivity index (χ3n) is 2.97. The van der Waals surface area contributed by atoms with Gasteiger partial charge >= 0.3 is 12.5 Å². The van der Waals surface area contributed by atoms with E-state index in [0.717, 1.165) is 19.1 Å². The average Bonchev–Trinajstić information content (AvgIpc) is 2.74. The molecule has 0 spiro atoms. The molecule has 1 N–H and O–H groups in total. The zero-order chi connectivity index (χ0) is 18.4. The Balaban J connectivity index is 2.43. The maximum absolute atomic E-state index is 13.5. The third kappa shape index (κ3) is 3.65. The summed E-state index contributed by atoms with van der Waals surface area (Å²) in [5.41, 5.74) is -4.05. The molecule has 12 heteroatoms. The summed E-state index contributed by atoms with van der Waals surface area (Å²) in [5, 5.41) is 13.0. The van der Waals surface area contributed by atoms with Crippen molar-refractivity contribution in [2.24, 2.45) is 5.10 Å². The molecule has 0 saturated heterocycles. The number of nitrogens with zero attached hydrogens (tertiary/aromatic N) is 2. The summed E-state index contributed by atoms with van der Waals surface area (Å²) in [7, 11) is -4.56. The standard InChI is InChI=1S/C12H11F5N2O4S/c1-10(20)7-9(11(13,14)23-12(15,16)17)18-19(10)24(21,22)8-5-3-2-4-6-8/h2-6,20H,7H2,1H3/t10-/m1/s1. The van der Waals surface area contributed by atoms with Gasteiger partial charge in [-0.1, -0.05) is 18.2 Å². The van der Waals surface area contributed by atoms with Crippen LogP contribution in [0.15, 0.2) is 40.3 Å². The molecule has 0 amide bonds. The van der Waals surface area contributed by atoms with E-state index in [1.54, 1.807) is 0 Å². The molecule has 0 saturated carbocycles. The third-order valence-corrected chi connectivity index (χ3v) is 4.77. The van der Waals surface area contributed by atoms with Gasteiger partial charge in [0, 0.05) is 6.42 Å². The molecule has 1 aromatic carbocycles. The van der Waals surface area contributed by atoms with Gasteiger partial charge in [0.1, 0.15) is 5.71 Å². The molecule has 0 fully saturated rings. The van der Waals surface area contributed by atoms with Gasteiger partial charge in [-0.25, -0.2) is 4.74 Å². The van der Waals surface area contributed by atoms with E-state index in [1.807, 2.05) is 0 Å². The Bertz CT molecular complexity index is 746. The number of alkyl halides is 5. The first kappa shape index (κ1) is 18.5. The highest BCUT2D eigenvalue weighted by molar-refractivity contribution is 7.89. The zero-order valence-electron chi connectivity index (χ0n) is 12.0. The molecule has 1 atom stereocenters. The minimum absolute atomic E-state index is 0.0572. The van der Waals surface area contributed by atoms with Crippen molar-refractivity contribution in [2.75, 3.05) is 0 Å². The molecule has 0 aromatic heterocycles. The molecule has 1 aromatic rings. The molecule has 0 unspecified atom stereocenters. The highest BCUT2D eigenvalue weighted by atomic mass is 32.2. The number of aliphatic hydroxyl groups is 1. The monoisotopic (exact) mass is 374 g/mol. The van der Waals surface area contributed by atoms with Crippen molar-refractivity contribution in [2.45, 2.75) is 36.4 Å². The number of hydrogen-bond acceptors (Lipinski definition) is 5. The van der Waals surface area contributed by atoms with Gasteiger partial charge < -0.3 is 5.11 Å². The van der Waals surface area contributed by atoms with Crippen LogP contribution in [0.3, 0.4) is 0 Å². The second-order valence-corrected chi connectivity index (χ2v) is 6.83. The molecule has 1 aliphatic heterocycles. The summed E-state index contributed by atoms with van der Waals surface area (Å²) in [6, 6.07) is 6.39. The predicted octanol–water partition coefficient (Wildman–Crippen LogP) is 2.27. The highest BCUT2D eigenvalue weighted by Crippen LogP contribution is 2.38. The van der Waals surface area contributed by atoms with E-state index in [4.69, 9.17) is 0 Å². The minimum Gasteiger partial charge on any atom is -0.368 e. The van der Waals surface area contributed by atoms with Crippen LogP contribution in [-0.4, -0.2) is 41.8 Å². The maximum atomic E-state index is 13.5. The van der Waals surface area contributed by atoms with Gasteiger partial charge in [-0.05, 0) is 19.1 Å². The molecular formula is C12H11F5N2O4S. The van der Waals surface area contributed by atoms with Gasteiger partial charge in [-0.2, -0.15) is 26.7 Å². The van der Waals surface area contributed by atoms with Crippen LogP contribution in [0.25, 0.3) is 0 Å². The molecule has 24 heavy (non-hydrogen) atoms. The van der Waals surface area contributed by atoms with Gasteiger partial charge in [0.05, 0.1) is 4.90 Å². The lowest BCUT2D eigenvalue weighted by Gasteiger charge is -2.27. The van der Waals surface area contributed by atoms with Crippen LogP contribution in [-0.2, 0) is 14.8 Å². The second kappa shape index (κ2) is 5.63. The highest BCUT2D eigenvalue weighted by Gasteiger charge is 2.56. The van der Waals surface area contributed by atoms with Crippen LogP contribution in [0.4, 0.5) is 22.0 Å². The SMILES string of the molecule is C[C@@]1(O)CC(C(F)(F)OC(F)(F)F)=NN1S(=O)(=O)c1ccccc1. The summed E-state index contributed by atoms with van der Waals surface area (Å²) in [5.74, 6) is 0. The van der Waals surface area contributed by atoms with Crippen molar-refractivity contribution >= 4 is 15.7 Å². The van der Waals surface area contributed by atoms with Crippen LogP contribution < -0.4 is 0 Å². The molecule has 1 heterocycles. The molecule has 2 rings (SSSR count). The van der Waals surface area contributed by atoms with Gasteiger partial charge in [-0.15, -0.1) is 13.2 Å². The van der Waals surface area contributed by atoms with Crippen LogP contribution in [0.5, 0.6) is 0 Å². The fourth-order valence-corrected chi connectivity index (χ4v) is 3.50. The van der Waals surface area contributed by atoms with Crippen molar-refractivity contribution in [1.82, 2.24) is 4.41 Å². The summed E-state index contributed by atoms with van der Waals surface area (Å²) in [4.78, 5) is -0.379. The van der Waals surface area contributed by atoms with Crippen molar-refractivity contribution in [3.05, 3.63) is 30.3 Å². The van der Waals surface area contributed by atoms with Gasteiger partial charge in [0.15, 0.2) is 5.72 Å². The first-order valence-electron chi connectivity index (χ1n) is 6.31. The van der Waals surface area contributed by atoms with Crippen molar-refractivity contribution < 1.29 is 40.2 Å². The fourth-order valence-electron chi connectivity index (χ4n) is 2.01. The van der Waals surface area contributed by atoms with Crippen LogP contribution in [0.1, 0.15) is 13.3 Å². The molecule has 0 bridgehead atoms. The van der Waals surface area contributed by atoms with Gasteiger partial charge in [0.25, 0.3) is 10.0 Å². The number of halogens is 5. The van der Waals surface area contributed by atoms with Crippen LogP contribution in [0, 0.1) is 0 Å². The van der Waals surface area contributed by atoms with E-state index in [-0.39, 0.29) is 9.31 Å². The lowest BCUT2D eigenvalue weighted by molar-refractivity contribution is -0.403. The van der Waals surface area contributed by atoms with Crippen molar-refractivity contribution in [3.8, 4) is 0 Å². The lowest BCUT2D eigenvalue weighted by Crippen LogP contribution is -2.44. The summed E-state index contributed by atoms with van der Waals surface area (Å²) >= 11 is 0. The van der Waals surface area contributed by atoms with Crippen LogP contribution in [0.2, 0.25) is 0 Å². The Morgan fingerprint density at radius 2 is 1.75 bits per heavy atom. The van der Waals surface area contributed by atoms with Crippen molar-refractivity contribution in [1.29, 1.82) is 0 Å². The molecular weight excluding hydrogens is 363 g/mol. The number of ether oxygens (including phenoxy) is 1. The Hall–Kier alpha value is -1.79. The first-order valence-corrected chi connectivity index (χ1v) is 7.75. The Kier molecular flexibility index (Phi) is 4.35. The number of hydrazone groups is 1. The molecule has 1 aliphatic rings. The maximum Gasteiger partial charge on any atom is 0.527 e. The van der Waals surface area contributed by atoms with Crippen molar-refractivity contribution in [3.63, 3.8) is 0 Å². The van der Waals surface area contributed by atoms with Gasteiger partial charge in [0.2, 0.25) is 0 Å². The second-order valence-electron chi connectivity index (χ2n) is 5.07. The Morgan fingerprint density at radius 1 is 1.21 bits per heavy atom. The van der Waals surface area contributed by atoms with E-state index in [2.05, 4.69) is 9.84 Å². The largest absolute Gasteiger partial charge is 0.527 e. The normalized spacial score (nSPS) is 22.6. The number of hydrogen-bond donors (Lipinski definition) is 1. The first-order chi connectivity index (χ1) is 10.8. The Morgan fingerprint density at radius 3 is 2.25 bits per heavy atom. The smallest absolute Gasteiger partial charge is 0.368 e. The zero-order valence-corrected chi connectivity index (χ0v) is 12.8.